The fourth-order valence-electron chi connectivity index (χ4n) is 1.97. The molecule has 0 spiro atoms. The lowest BCUT2D eigenvalue weighted by atomic mass is 9.98. The number of hydrogen-bond donors (Lipinski definition) is 1. The maximum atomic E-state index is 6.00. The van der Waals surface area contributed by atoms with E-state index in [-0.39, 0.29) is 0 Å². The predicted molar refractivity (Wildman–Crippen MR) is 55.9 cm³/mol. The summed E-state index contributed by atoms with van der Waals surface area (Å²) in [5.74, 6) is 0.674. The molecule has 1 aliphatic rings. The second-order valence-corrected chi connectivity index (χ2v) is 4.24. The summed E-state index contributed by atoms with van der Waals surface area (Å²) in [6.07, 6.45) is 4.52. The van der Waals surface area contributed by atoms with Crippen molar-refractivity contribution in [2.24, 2.45) is 5.92 Å². The average Bonchev–Trinajstić information content (AvgIpc) is 2.09. The molecule has 1 saturated heterocycles. The van der Waals surface area contributed by atoms with Gasteiger partial charge in [0.1, 0.15) is 0 Å². The molecular formula is C11H23NO. The molecule has 0 aromatic carbocycles. The molecule has 1 aliphatic heterocycles. The molecule has 2 heteroatoms. The van der Waals surface area contributed by atoms with E-state index in [0.29, 0.717) is 18.1 Å². The molecule has 2 nitrogen and oxygen atoms in total. The molecule has 0 radical (unpaired) electrons. The van der Waals surface area contributed by atoms with E-state index in [4.69, 9.17) is 4.74 Å². The standard InChI is InChI=1S/C11H23NO/c1-4-5-10(3)13-11-6-7-12-8-9(11)2/h9-12H,4-8H2,1-3H3. The summed E-state index contributed by atoms with van der Waals surface area (Å²) < 4.78 is 6.00. The van der Waals surface area contributed by atoms with Gasteiger partial charge in [-0.25, -0.2) is 0 Å². The third-order valence-corrected chi connectivity index (χ3v) is 2.81. The van der Waals surface area contributed by atoms with Gasteiger partial charge in [0, 0.05) is 6.54 Å². The number of rotatable bonds is 4. The number of nitrogens with one attached hydrogen (secondary N) is 1. The van der Waals surface area contributed by atoms with Gasteiger partial charge in [-0.05, 0) is 32.2 Å². The quantitative estimate of drug-likeness (QED) is 0.725. The van der Waals surface area contributed by atoms with Crippen molar-refractivity contribution < 1.29 is 4.74 Å². The Morgan fingerprint density at radius 3 is 2.92 bits per heavy atom. The normalized spacial score (nSPS) is 31.6. The Balaban J connectivity index is 2.25. The van der Waals surface area contributed by atoms with Crippen molar-refractivity contribution >= 4 is 0 Å². The monoisotopic (exact) mass is 185 g/mol. The SMILES string of the molecule is CCCC(C)OC1CCNCC1C. The van der Waals surface area contributed by atoms with Crippen LogP contribution in [0.5, 0.6) is 0 Å². The number of hydrogen-bond acceptors (Lipinski definition) is 2. The van der Waals surface area contributed by atoms with E-state index in [9.17, 15) is 0 Å². The molecule has 3 unspecified atom stereocenters. The van der Waals surface area contributed by atoms with Gasteiger partial charge in [0.05, 0.1) is 12.2 Å². The van der Waals surface area contributed by atoms with E-state index in [0.717, 1.165) is 13.1 Å². The lowest BCUT2D eigenvalue weighted by molar-refractivity contribution is -0.0461. The summed E-state index contributed by atoms with van der Waals surface area (Å²) >= 11 is 0. The average molecular weight is 185 g/mol. The first kappa shape index (κ1) is 11.0. The molecule has 1 heterocycles. The van der Waals surface area contributed by atoms with Crippen molar-refractivity contribution in [2.75, 3.05) is 13.1 Å². The van der Waals surface area contributed by atoms with Crippen molar-refractivity contribution in [1.29, 1.82) is 0 Å². The van der Waals surface area contributed by atoms with Crippen molar-refractivity contribution in [3.8, 4) is 0 Å². The predicted octanol–water partition coefficient (Wildman–Crippen LogP) is 2.19. The second-order valence-electron chi connectivity index (χ2n) is 4.24. The first-order chi connectivity index (χ1) is 6.24. The zero-order chi connectivity index (χ0) is 9.68. The summed E-state index contributed by atoms with van der Waals surface area (Å²) in [6, 6.07) is 0. The van der Waals surface area contributed by atoms with Crippen LogP contribution >= 0.6 is 0 Å². The molecule has 0 aromatic rings. The molecule has 1 fully saturated rings. The Bertz CT molecular complexity index is 138. The maximum Gasteiger partial charge on any atom is 0.0628 e. The van der Waals surface area contributed by atoms with Crippen LogP contribution in [0.4, 0.5) is 0 Å². The third kappa shape index (κ3) is 3.65. The molecule has 0 saturated carbocycles. The van der Waals surface area contributed by atoms with Crippen molar-refractivity contribution in [3.63, 3.8) is 0 Å². The van der Waals surface area contributed by atoms with Crippen LogP contribution in [0, 0.1) is 5.92 Å². The van der Waals surface area contributed by atoms with Crippen LogP contribution < -0.4 is 5.32 Å². The molecule has 0 amide bonds. The molecule has 0 aliphatic carbocycles. The largest absolute Gasteiger partial charge is 0.375 e. The van der Waals surface area contributed by atoms with Gasteiger partial charge in [0.15, 0.2) is 0 Å². The molecule has 1 N–H and O–H groups in total. The van der Waals surface area contributed by atoms with Gasteiger partial charge in [-0.1, -0.05) is 20.3 Å². The maximum absolute atomic E-state index is 6.00. The summed E-state index contributed by atoms with van der Waals surface area (Å²) in [6.45, 7) is 8.91. The van der Waals surface area contributed by atoms with Crippen LogP contribution in [0.2, 0.25) is 0 Å². The lowest BCUT2D eigenvalue weighted by Crippen LogP contribution is -2.41. The fourth-order valence-corrected chi connectivity index (χ4v) is 1.97. The highest BCUT2D eigenvalue weighted by Crippen LogP contribution is 2.17. The molecule has 78 valence electrons. The van der Waals surface area contributed by atoms with E-state index >= 15 is 0 Å². The third-order valence-electron chi connectivity index (χ3n) is 2.81. The summed E-state index contributed by atoms with van der Waals surface area (Å²) in [5.41, 5.74) is 0. The van der Waals surface area contributed by atoms with Crippen LogP contribution in [0.25, 0.3) is 0 Å². The van der Waals surface area contributed by atoms with Crippen molar-refractivity contribution in [1.82, 2.24) is 5.32 Å². The van der Waals surface area contributed by atoms with Gasteiger partial charge in [-0.15, -0.1) is 0 Å². The van der Waals surface area contributed by atoms with Gasteiger partial charge in [-0.2, -0.15) is 0 Å². The molecule has 13 heavy (non-hydrogen) atoms. The smallest absolute Gasteiger partial charge is 0.0628 e. The minimum absolute atomic E-state index is 0.440. The van der Waals surface area contributed by atoms with Gasteiger partial charge in [0.25, 0.3) is 0 Å². The second kappa shape index (κ2) is 5.61. The van der Waals surface area contributed by atoms with E-state index in [1.54, 1.807) is 0 Å². The van der Waals surface area contributed by atoms with Gasteiger partial charge < -0.3 is 10.1 Å². The van der Waals surface area contributed by atoms with E-state index in [1.165, 1.54) is 19.3 Å². The summed E-state index contributed by atoms with van der Waals surface area (Å²) in [4.78, 5) is 0. The van der Waals surface area contributed by atoms with Crippen LogP contribution in [-0.4, -0.2) is 25.3 Å². The molecule has 3 atom stereocenters. The molecular weight excluding hydrogens is 162 g/mol. The first-order valence-corrected chi connectivity index (χ1v) is 5.60. The highest BCUT2D eigenvalue weighted by molar-refractivity contribution is 4.76. The van der Waals surface area contributed by atoms with Gasteiger partial charge in [-0.3, -0.25) is 0 Å². The first-order valence-electron chi connectivity index (χ1n) is 5.60. The Morgan fingerprint density at radius 2 is 2.31 bits per heavy atom. The Labute approximate surface area is 82.0 Å². The van der Waals surface area contributed by atoms with Crippen LogP contribution in [-0.2, 0) is 4.74 Å². The fraction of sp³-hybridized carbons (Fsp3) is 1.00. The van der Waals surface area contributed by atoms with Gasteiger partial charge >= 0.3 is 0 Å². The Morgan fingerprint density at radius 1 is 1.54 bits per heavy atom. The summed E-state index contributed by atoms with van der Waals surface area (Å²) in [7, 11) is 0. The van der Waals surface area contributed by atoms with E-state index in [1.807, 2.05) is 0 Å². The van der Waals surface area contributed by atoms with Gasteiger partial charge in [0.2, 0.25) is 0 Å². The minimum atomic E-state index is 0.440. The van der Waals surface area contributed by atoms with Crippen LogP contribution in [0.1, 0.15) is 40.0 Å². The molecule has 0 aromatic heterocycles. The highest BCUT2D eigenvalue weighted by atomic mass is 16.5. The minimum Gasteiger partial charge on any atom is -0.375 e. The topological polar surface area (TPSA) is 21.3 Å². The Kier molecular flexibility index (Phi) is 4.74. The molecule has 0 bridgehead atoms. The zero-order valence-electron chi connectivity index (χ0n) is 9.18. The summed E-state index contributed by atoms with van der Waals surface area (Å²) in [5, 5.41) is 3.39. The number of ether oxygens (including phenoxy) is 1. The van der Waals surface area contributed by atoms with E-state index in [2.05, 4.69) is 26.1 Å². The Hall–Kier alpha value is -0.0800. The van der Waals surface area contributed by atoms with Crippen molar-refractivity contribution in [2.45, 2.75) is 52.2 Å². The van der Waals surface area contributed by atoms with E-state index < -0.39 is 0 Å². The van der Waals surface area contributed by atoms with Crippen LogP contribution in [0.3, 0.4) is 0 Å². The van der Waals surface area contributed by atoms with Crippen LogP contribution in [0.15, 0.2) is 0 Å². The van der Waals surface area contributed by atoms with Crippen molar-refractivity contribution in [3.05, 3.63) is 0 Å². The zero-order valence-corrected chi connectivity index (χ0v) is 9.18. The lowest BCUT2D eigenvalue weighted by Gasteiger charge is -2.31. The number of piperidine rings is 1. The molecule has 1 rings (SSSR count). The highest BCUT2D eigenvalue weighted by Gasteiger charge is 2.22.